The van der Waals surface area contributed by atoms with Crippen molar-refractivity contribution in [2.45, 2.75) is 105 Å². The normalized spacial score (nSPS) is 45.2. The molecule has 3 heteroatoms. The molecule has 1 N–H and O–H groups in total. The van der Waals surface area contributed by atoms with Gasteiger partial charge in [0.15, 0.2) is 0 Å². The van der Waals surface area contributed by atoms with Crippen molar-refractivity contribution in [2.24, 2.45) is 52.3 Å². The van der Waals surface area contributed by atoms with E-state index in [-0.39, 0.29) is 5.92 Å². The molecule has 0 aromatic carbocycles. The smallest absolute Gasteiger partial charge is 0.306 e. The van der Waals surface area contributed by atoms with Crippen LogP contribution in [0.5, 0.6) is 0 Å². The summed E-state index contributed by atoms with van der Waals surface area (Å²) >= 11 is 0. The fourth-order valence-electron chi connectivity index (χ4n) is 9.09. The zero-order valence-corrected chi connectivity index (χ0v) is 19.8. The van der Waals surface area contributed by atoms with Crippen LogP contribution < -0.4 is 0 Å². The molecule has 3 nitrogen and oxygen atoms in total. The van der Waals surface area contributed by atoms with Crippen molar-refractivity contribution in [1.82, 2.24) is 0 Å². The first-order valence-corrected chi connectivity index (χ1v) is 12.9. The van der Waals surface area contributed by atoms with Crippen LogP contribution in [0.25, 0.3) is 0 Å². The molecule has 30 heavy (non-hydrogen) atoms. The van der Waals surface area contributed by atoms with Crippen molar-refractivity contribution < 1.29 is 14.7 Å². The summed E-state index contributed by atoms with van der Waals surface area (Å²) in [5.41, 5.74) is 0.890. The van der Waals surface area contributed by atoms with E-state index in [2.05, 4.69) is 20.8 Å². The predicted octanol–water partition coefficient (Wildman–Crippen LogP) is 6.74. The van der Waals surface area contributed by atoms with Crippen molar-refractivity contribution in [3.05, 3.63) is 0 Å². The molecular weight excluding hydrogens is 372 g/mol. The molecule has 4 saturated carbocycles. The maximum absolute atomic E-state index is 12.1. The summed E-state index contributed by atoms with van der Waals surface area (Å²) in [7, 11) is 0. The van der Waals surface area contributed by atoms with Crippen LogP contribution in [-0.2, 0) is 9.59 Å². The second-order valence-corrected chi connectivity index (χ2v) is 12.3. The second-order valence-electron chi connectivity index (χ2n) is 12.3. The molecule has 170 valence electrons. The van der Waals surface area contributed by atoms with Gasteiger partial charge < -0.3 is 5.11 Å². The van der Waals surface area contributed by atoms with E-state index in [1.165, 1.54) is 44.9 Å². The Morgan fingerprint density at radius 1 is 1.00 bits per heavy atom. The maximum atomic E-state index is 12.1. The number of aliphatic carboxylic acids is 1. The Hall–Kier alpha value is -0.860. The molecule has 0 unspecified atom stereocenters. The van der Waals surface area contributed by atoms with Crippen molar-refractivity contribution in [3.8, 4) is 0 Å². The van der Waals surface area contributed by atoms with Gasteiger partial charge >= 0.3 is 5.97 Å². The van der Waals surface area contributed by atoms with Crippen LogP contribution in [-0.4, -0.2) is 16.9 Å². The molecule has 0 aromatic heterocycles. The van der Waals surface area contributed by atoms with E-state index >= 15 is 0 Å². The number of hydrogen-bond acceptors (Lipinski definition) is 2. The molecular formula is C27H44O3. The van der Waals surface area contributed by atoms with Crippen LogP contribution in [0.4, 0.5) is 0 Å². The summed E-state index contributed by atoms with van der Waals surface area (Å²) in [5.74, 6) is 4.41. The van der Waals surface area contributed by atoms with E-state index in [9.17, 15) is 9.59 Å². The number of carboxylic acids is 1. The average Bonchev–Trinajstić information content (AvgIpc) is 3.05. The van der Waals surface area contributed by atoms with Crippen molar-refractivity contribution in [3.63, 3.8) is 0 Å². The highest BCUT2D eigenvalue weighted by atomic mass is 16.4. The molecule has 4 aliphatic carbocycles. The van der Waals surface area contributed by atoms with Gasteiger partial charge in [-0.05, 0) is 97.7 Å². The number of fused-ring (bicyclic) bond motifs is 5. The minimum absolute atomic E-state index is 0.210. The van der Waals surface area contributed by atoms with E-state index in [1.807, 2.05) is 6.92 Å². The summed E-state index contributed by atoms with van der Waals surface area (Å²) in [4.78, 5) is 23.2. The maximum Gasteiger partial charge on any atom is 0.306 e. The van der Waals surface area contributed by atoms with Crippen LogP contribution in [0.2, 0.25) is 0 Å². The van der Waals surface area contributed by atoms with E-state index in [0.717, 1.165) is 55.8 Å². The molecule has 0 saturated heterocycles. The van der Waals surface area contributed by atoms with Gasteiger partial charge in [-0.15, -0.1) is 0 Å². The SMILES string of the molecule is C[C@H](CCC[C@H](C)C(=O)O)[C@H]1CC[C@H]2[C@@H]3CC[C@H]4CC(=O)CC[C@]4(C)[C@H]3CC[C@]12C. The molecule has 0 heterocycles. The molecule has 4 rings (SSSR count). The van der Waals surface area contributed by atoms with Gasteiger partial charge in [-0.1, -0.05) is 40.5 Å². The molecule has 4 fully saturated rings. The first-order valence-electron chi connectivity index (χ1n) is 12.9. The fraction of sp³-hybridized carbons (Fsp3) is 0.926. The Morgan fingerprint density at radius 3 is 2.47 bits per heavy atom. The van der Waals surface area contributed by atoms with Gasteiger partial charge in [0.2, 0.25) is 0 Å². The molecule has 0 bridgehead atoms. The lowest BCUT2D eigenvalue weighted by Crippen LogP contribution is -2.53. The van der Waals surface area contributed by atoms with Crippen molar-refractivity contribution >= 4 is 11.8 Å². The van der Waals surface area contributed by atoms with Crippen LogP contribution in [0.3, 0.4) is 0 Å². The Labute approximate surface area is 183 Å². The minimum Gasteiger partial charge on any atom is -0.481 e. The van der Waals surface area contributed by atoms with Gasteiger partial charge in [0, 0.05) is 12.8 Å². The van der Waals surface area contributed by atoms with Crippen molar-refractivity contribution in [1.29, 1.82) is 0 Å². The Bertz CT molecular complexity index is 671. The first-order chi connectivity index (χ1) is 14.2. The van der Waals surface area contributed by atoms with E-state index < -0.39 is 5.97 Å². The largest absolute Gasteiger partial charge is 0.481 e. The highest BCUT2D eigenvalue weighted by molar-refractivity contribution is 5.79. The van der Waals surface area contributed by atoms with Gasteiger partial charge in [0.1, 0.15) is 5.78 Å². The lowest BCUT2D eigenvalue weighted by molar-refractivity contribution is -0.141. The summed E-state index contributed by atoms with van der Waals surface area (Å²) < 4.78 is 0. The molecule has 4 aliphatic rings. The highest BCUT2D eigenvalue weighted by Gasteiger charge is 2.60. The van der Waals surface area contributed by atoms with E-state index in [0.29, 0.717) is 28.4 Å². The van der Waals surface area contributed by atoms with Crippen molar-refractivity contribution in [2.75, 3.05) is 0 Å². The zero-order valence-electron chi connectivity index (χ0n) is 19.8. The minimum atomic E-state index is -0.651. The third-order valence-electron chi connectivity index (χ3n) is 11.0. The van der Waals surface area contributed by atoms with Crippen LogP contribution in [0.15, 0.2) is 0 Å². The summed E-state index contributed by atoms with van der Waals surface area (Å²) in [5, 5.41) is 9.16. The molecule has 0 aliphatic heterocycles. The second kappa shape index (κ2) is 8.24. The summed E-state index contributed by atoms with van der Waals surface area (Å²) in [6.07, 6.45) is 14.0. The summed E-state index contributed by atoms with van der Waals surface area (Å²) in [6, 6.07) is 0. The van der Waals surface area contributed by atoms with Gasteiger partial charge in [0.05, 0.1) is 5.92 Å². The first kappa shape index (κ1) is 22.3. The summed E-state index contributed by atoms with van der Waals surface area (Å²) in [6.45, 7) is 9.45. The number of hydrogen-bond donors (Lipinski definition) is 1. The van der Waals surface area contributed by atoms with Gasteiger partial charge in [0.25, 0.3) is 0 Å². The number of carboxylic acid groups (broad SMARTS) is 1. The van der Waals surface area contributed by atoms with Gasteiger partial charge in [-0.25, -0.2) is 0 Å². The zero-order chi connectivity index (χ0) is 21.7. The Balaban J connectivity index is 1.42. The lowest BCUT2D eigenvalue weighted by atomic mass is 9.44. The molecule has 0 spiro atoms. The van der Waals surface area contributed by atoms with Crippen LogP contribution in [0, 0.1) is 52.3 Å². The van der Waals surface area contributed by atoms with Crippen LogP contribution >= 0.6 is 0 Å². The van der Waals surface area contributed by atoms with Gasteiger partial charge in [-0.3, -0.25) is 9.59 Å². The number of ketones is 1. The predicted molar refractivity (Wildman–Crippen MR) is 120 cm³/mol. The number of Topliss-reactive ketones (excluding diaryl/α,β-unsaturated/α-hetero) is 1. The van der Waals surface area contributed by atoms with E-state index in [1.54, 1.807) is 0 Å². The Morgan fingerprint density at radius 2 is 1.73 bits per heavy atom. The lowest BCUT2D eigenvalue weighted by Gasteiger charge is -2.60. The third-order valence-corrected chi connectivity index (χ3v) is 11.0. The molecule has 9 atom stereocenters. The number of rotatable bonds is 6. The third kappa shape index (κ3) is 3.66. The highest BCUT2D eigenvalue weighted by Crippen LogP contribution is 2.68. The number of carbonyl (C=O) groups is 2. The monoisotopic (exact) mass is 416 g/mol. The fourth-order valence-corrected chi connectivity index (χ4v) is 9.09. The molecule has 0 amide bonds. The molecule has 0 aromatic rings. The topological polar surface area (TPSA) is 54.4 Å². The van der Waals surface area contributed by atoms with E-state index in [4.69, 9.17) is 5.11 Å². The average molecular weight is 417 g/mol. The standard InChI is InChI=1S/C27H44O3/c1-17(6-5-7-18(2)25(29)30)22-10-11-23-21-9-8-19-16-20(28)12-14-26(19,3)24(21)13-15-27(22,23)4/h17-19,21-24H,5-16H2,1-4H3,(H,29,30)/t17-,18+,19+,21+,22-,23+,24+,26+,27-/m1/s1. The quantitative estimate of drug-likeness (QED) is 0.521. The van der Waals surface area contributed by atoms with Crippen LogP contribution in [0.1, 0.15) is 105 Å². The van der Waals surface area contributed by atoms with Gasteiger partial charge in [-0.2, -0.15) is 0 Å². The molecule has 0 radical (unpaired) electrons. The number of carbonyl (C=O) groups excluding carboxylic acids is 1. The Kier molecular flexibility index (Phi) is 6.14.